The molecule has 1 aromatic carbocycles. The summed E-state index contributed by atoms with van der Waals surface area (Å²) < 4.78 is 0. The summed E-state index contributed by atoms with van der Waals surface area (Å²) in [6, 6.07) is 5.65. The lowest BCUT2D eigenvalue weighted by molar-refractivity contribution is -0.126. The number of nitrogens with two attached hydrogens (primary N) is 2. The first-order chi connectivity index (χ1) is 9.72. The van der Waals surface area contributed by atoms with E-state index in [1.807, 2.05) is 18.2 Å². The third-order valence-electron chi connectivity index (χ3n) is 4.27. The van der Waals surface area contributed by atoms with Gasteiger partial charge in [-0.2, -0.15) is 0 Å². The van der Waals surface area contributed by atoms with Gasteiger partial charge in [0.15, 0.2) is 0 Å². The van der Waals surface area contributed by atoms with Gasteiger partial charge < -0.3 is 16.4 Å². The number of hydrogen-bond acceptors (Lipinski definition) is 3. The van der Waals surface area contributed by atoms with Crippen LogP contribution in [0.4, 0.5) is 5.69 Å². The van der Waals surface area contributed by atoms with Crippen LogP contribution in [0.25, 0.3) is 0 Å². The summed E-state index contributed by atoms with van der Waals surface area (Å²) in [6.45, 7) is 3.61. The largest absolute Gasteiger partial charge is 0.369 e. The van der Waals surface area contributed by atoms with E-state index in [0.29, 0.717) is 12.8 Å². The molecule has 1 aromatic rings. The van der Waals surface area contributed by atoms with Gasteiger partial charge in [0.25, 0.3) is 0 Å². The highest BCUT2D eigenvalue weighted by Crippen LogP contribution is 2.32. The Morgan fingerprint density at radius 1 is 1.38 bits per heavy atom. The molecule has 0 bridgehead atoms. The second kappa shape index (κ2) is 5.48. The number of aryl methyl sites for hydroxylation is 1. The number of carbonyl (C=O) groups excluding carboxylic acids is 2. The van der Waals surface area contributed by atoms with E-state index < -0.39 is 5.41 Å². The zero-order valence-electron chi connectivity index (χ0n) is 12.8. The molecule has 0 fully saturated rings. The highest BCUT2D eigenvalue weighted by Gasteiger charge is 2.29. The summed E-state index contributed by atoms with van der Waals surface area (Å²) in [7, 11) is 1.79. The summed E-state index contributed by atoms with van der Waals surface area (Å²) in [6.07, 6.45) is 1.75. The zero-order valence-corrected chi connectivity index (χ0v) is 12.8. The minimum absolute atomic E-state index is 0.134. The smallest absolute Gasteiger partial charge is 0.227 e. The van der Waals surface area contributed by atoms with Crippen molar-refractivity contribution in [2.24, 2.45) is 16.9 Å². The van der Waals surface area contributed by atoms with Crippen LogP contribution in [0.3, 0.4) is 0 Å². The number of anilines is 1. The van der Waals surface area contributed by atoms with Gasteiger partial charge >= 0.3 is 0 Å². The molecule has 0 saturated carbocycles. The van der Waals surface area contributed by atoms with Crippen molar-refractivity contribution in [3.8, 4) is 0 Å². The highest BCUT2D eigenvalue weighted by molar-refractivity contribution is 5.95. The van der Waals surface area contributed by atoms with Crippen molar-refractivity contribution in [1.82, 2.24) is 0 Å². The van der Waals surface area contributed by atoms with Gasteiger partial charge in [0.1, 0.15) is 0 Å². The molecule has 1 atom stereocenters. The van der Waals surface area contributed by atoms with Crippen LogP contribution in [0.15, 0.2) is 18.2 Å². The molecule has 114 valence electrons. The van der Waals surface area contributed by atoms with Crippen molar-refractivity contribution in [3.63, 3.8) is 0 Å². The molecule has 2 rings (SSSR count). The van der Waals surface area contributed by atoms with Gasteiger partial charge in [0.05, 0.1) is 0 Å². The average molecular weight is 289 g/mol. The number of fused-ring (bicyclic) bond motifs is 1. The van der Waals surface area contributed by atoms with Crippen LogP contribution in [-0.4, -0.2) is 18.9 Å². The molecule has 5 heteroatoms. The Morgan fingerprint density at radius 2 is 2.05 bits per heavy atom. The number of hydrogen-bond donors (Lipinski definition) is 2. The Hall–Kier alpha value is -1.88. The average Bonchev–Trinajstić information content (AvgIpc) is 2.42. The molecular formula is C16H23N3O2. The van der Waals surface area contributed by atoms with E-state index in [9.17, 15) is 9.59 Å². The molecule has 21 heavy (non-hydrogen) atoms. The van der Waals surface area contributed by atoms with Crippen molar-refractivity contribution in [2.45, 2.75) is 39.2 Å². The maximum Gasteiger partial charge on any atom is 0.227 e. The number of benzene rings is 1. The molecule has 0 saturated heterocycles. The van der Waals surface area contributed by atoms with Crippen molar-refractivity contribution >= 4 is 17.5 Å². The third kappa shape index (κ3) is 3.08. The van der Waals surface area contributed by atoms with Crippen molar-refractivity contribution < 1.29 is 9.59 Å². The van der Waals surface area contributed by atoms with E-state index in [2.05, 4.69) is 0 Å². The molecule has 0 radical (unpaired) electrons. The zero-order chi connectivity index (χ0) is 15.8. The Balaban J connectivity index is 2.23. The van der Waals surface area contributed by atoms with Gasteiger partial charge in [-0.05, 0) is 30.0 Å². The van der Waals surface area contributed by atoms with Gasteiger partial charge in [-0.25, -0.2) is 0 Å². The maximum atomic E-state index is 11.7. The predicted octanol–water partition coefficient (Wildman–Crippen LogP) is 1.50. The molecule has 2 amide bonds. The van der Waals surface area contributed by atoms with E-state index in [-0.39, 0.29) is 17.9 Å². The lowest BCUT2D eigenvalue weighted by atomic mass is 9.82. The third-order valence-corrected chi connectivity index (χ3v) is 4.27. The van der Waals surface area contributed by atoms with Crippen LogP contribution >= 0.6 is 0 Å². The van der Waals surface area contributed by atoms with Crippen molar-refractivity contribution in [1.29, 1.82) is 0 Å². The standard InChI is InChI=1S/C16H23N3O2/c1-16(2,15(18)21)9-12(17)10-4-6-13-11(8-10)5-7-14(20)19(13)3/h4,6,8,12H,5,7,9,17H2,1-3H3,(H2,18,21). The van der Waals surface area contributed by atoms with Gasteiger partial charge in [0.2, 0.25) is 11.8 Å². The first-order valence-corrected chi connectivity index (χ1v) is 7.17. The first kappa shape index (κ1) is 15.5. The second-order valence-electron chi connectivity index (χ2n) is 6.40. The van der Waals surface area contributed by atoms with Gasteiger partial charge in [-0.1, -0.05) is 26.0 Å². The van der Waals surface area contributed by atoms with Crippen molar-refractivity contribution in [2.75, 3.05) is 11.9 Å². The maximum absolute atomic E-state index is 11.7. The molecule has 0 aliphatic carbocycles. The Kier molecular flexibility index (Phi) is 4.05. The van der Waals surface area contributed by atoms with E-state index in [0.717, 1.165) is 23.2 Å². The Labute approximate surface area is 125 Å². The summed E-state index contributed by atoms with van der Waals surface area (Å²) in [5.74, 6) is -0.212. The fourth-order valence-electron chi connectivity index (χ4n) is 2.68. The molecule has 1 aliphatic heterocycles. The van der Waals surface area contributed by atoms with Crippen LogP contribution in [0.1, 0.15) is 43.9 Å². The minimum atomic E-state index is -0.637. The quantitative estimate of drug-likeness (QED) is 0.880. The van der Waals surface area contributed by atoms with Crippen LogP contribution in [0.5, 0.6) is 0 Å². The van der Waals surface area contributed by atoms with Gasteiger partial charge in [-0.15, -0.1) is 0 Å². The molecule has 4 N–H and O–H groups in total. The summed E-state index contributed by atoms with van der Waals surface area (Å²) in [4.78, 5) is 24.8. The number of amides is 2. The van der Waals surface area contributed by atoms with E-state index in [4.69, 9.17) is 11.5 Å². The van der Waals surface area contributed by atoms with E-state index in [1.54, 1.807) is 25.8 Å². The summed E-state index contributed by atoms with van der Waals surface area (Å²) >= 11 is 0. The van der Waals surface area contributed by atoms with Gasteiger partial charge in [0, 0.05) is 30.6 Å². The number of carbonyl (C=O) groups is 2. The predicted molar refractivity (Wildman–Crippen MR) is 82.7 cm³/mol. The van der Waals surface area contributed by atoms with E-state index >= 15 is 0 Å². The summed E-state index contributed by atoms with van der Waals surface area (Å²) in [5, 5.41) is 0. The molecule has 1 unspecified atom stereocenters. The molecule has 5 nitrogen and oxygen atoms in total. The first-order valence-electron chi connectivity index (χ1n) is 7.17. The topological polar surface area (TPSA) is 89.4 Å². The molecular weight excluding hydrogens is 266 g/mol. The minimum Gasteiger partial charge on any atom is -0.369 e. The number of nitrogens with zero attached hydrogens (tertiary/aromatic N) is 1. The highest BCUT2D eigenvalue weighted by atomic mass is 16.2. The van der Waals surface area contributed by atoms with Crippen LogP contribution in [0, 0.1) is 5.41 Å². The Morgan fingerprint density at radius 3 is 2.67 bits per heavy atom. The fraction of sp³-hybridized carbons (Fsp3) is 0.500. The summed E-state index contributed by atoms with van der Waals surface area (Å²) in [5.41, 5.74) is 14.0. The van der Waals surface area contributed by atoms with Crippen molar-refractivity contribution in [3.05, 3.63) is 29.3 Å². The molecule has 0 aromatic heterocycles. The number of primary amides is 1. The Bertz CT molecular complexity index is 581. The lowest BCUT2D eigenvalue weighted by Gasteiger charge is -2.28. The van der Waals surface area contributed by atoms with E-state index in [1.165, 1.54) is 0 Å². The SMILES string of the molecule is CN1C(=O)CCc2cc(C(N)CC(C)(C)C(N)=O)ccc21. The second-order valence-corrected chi connectivity index (χ2v) is 6.40. The fourth-order valence-corrected chi connectivity index (χ4v) is 2.68. The molecule has 1 heterocycles. The van der Waals surface area contributed by atoms with Crippen LogP contribution < -0.4 is 16.4 Å². The molecule has 0 spiro atoms. The normalized spacial score (nSPS) is 16.6. The monoisotopic (exact) mass is 289 g/mol. The number of rotatable bonds is 4. The molecule has 1 aliphatic rings. The van der Waals surface area contributed by atoms with Crippen LogP contribution in [0.2, 0.25) is 0 Å². The lowest BCUT2D eigenvalue weighted by Crippen LogP contribution is -2.35. The van der Waals surface area contributed by atoms with Crippen LogP contribution in [-0.2, 0) is 16.0 Å². The van der Waals surface area contributed by atoms with Gasteiger partial charge in [-0.3, -0.25) is 9.59 Å².